The third-order valence-electron chi connectivity index (χ3n) is 2.23. The van der Waals surface area contributed by atoms with Crippen molar-refractivity contribution in [2.45, 2.75) is 39.0 Å². The second-order valence-corrected chi connectivity index (χ2v) is 5.29. The molecule has 1 aromatic rings. The lowest BCUT2D eigenvalue weighted by Gasteiger charge is -2.06. The van der Waals surface area contributed by atoms with Crippen LogP contribution in [0.1, 0.15) is 30.0 Å². The fraction of sp³-hybridized carbons (Fsp3) is 0.538. The summed E-state index contributed by atoms with van der Waals surface area (Å²) < 4.78 is 0. The van der Waals surface area contributed by atoms with E-state index in [1.165, 1.54) is 16.7 Å². The summed E-state index contributed by atoms with van der Waals surface area (Å²) in [6.07, 6.45) is 0.715. The molecule has 0 saturated carbocycles. The van der Waals surface area contributed by atoms with Gasteiger partial charge in [0.1, 0.15) is 0 Å². The predicted molar refractivity (Wildman–Crippen MR) is 68.4 cm³/mol. The number of hydrogen-bond donors (Lipinski definition) is 1. The summed E-state index contributed by atoms with van der Waals surface area (Å²) in [6.45, 7) is 6.12. The third kappa shape index (κ3) is 5.24. The van der Waals surface area contributed by atoms with Crippen LogP contribution in [0.4, 0.5) is 0 Å². The molecule has 1 N–H and O–H groups in total. The van der Waals surface area contributed by atoms with Crippen LogP contribution in [0.3, 0.4) is 0 Å². The van der Waals surface area contributed by atoms with Crippen molar-refractivity contribution in [1.82, 2.24) is 0 Å². The van der Waals surface area contributed by atoms with Crippen molar-refractivity contribution in [3.05, 3.63) is 34.9 Å². The molecule has 0 radical (unpaired) electrons. The molecule has 1 atom stereocenters. The first kappa shape index (κ1) is 12.6. The molecule has 0 fully saturated rings. The molecule has 0 saturated heterocycles. The molecule has 0 bridgehead atoms. The summed E-state index contributed by atoms with van der Waals surface area (Å²) in [6, 6.07) is 6.68. The van der Waals surface area contributed by atoms with Crippen LogP contribution in [-0.2, 0) is 5.75 Å². The van der Waals surface area contributed by atoms with Crippen LogP contribution in [0.15, 0.2) is 18.2 Å². The Morgan fingerprint density at radius 1 is 1.20 bits per heavy atom. The Hall–Kier alpha value is -0.470. The van der Waals surface area contributed by atoms with E-state index in [4.69, 9.17) is 5.11 Å². The number of thioether (sulfide) groups is 1. The Morgan fingerprint density at radius 3 is 2.33 bits per heavy atom. The summed E-state index contributed by atoms with van der Waals surface area (Å²) >= 11 is 1.89. The summed E-state index contributed by atoms with van der Waals surface area (Å²) in [5, 5.41) is 9.12. The average Bonchev–Trinajstić information content (AvgIpc) is 2.10. The topological polar surface area (TPSA) is 20.2 Å². The second-order valence-electron chi connectivity index (χ2n) is 4.19. The van der Waals surface area contributed by atoms with E-state index >= 15 is 0 Å². The molecule has 15 heavy (non-hydrogen) atoms. The molecule has 84 valence electrons. The van der Waals surface area contributed by atoms with Crippen LogP contribution in [0.25, 0.3) is 0 Å². The maximum Gasteiger partial charge on any atom is 0.0520 e. The molecule has 0 aliphatic carbocycles. The van der Waals surface area contributed by atoms with Gasteiger partial charge in [-0.25, -0.2) is 0 Å². The number of hydrogen-bond acceptors (Lipinski definition) is 2. The minimum absolute atomic E-state index is 0.170. The van der Waals surface area contributed by atoms with Gasteiger partial charge < -0.3 is 5.11 Å². The van der Waals surface area contributed by atoms with E-state index < -0.39 is 0 Å². The Morgan fingerprint density at radius 2 is 1.80 bits per heavy atom. The first-order chi connectivity index (χ1) is 7.08. The van der Waals surface area contributed by atoms with Crippen LogP contribution < -0.4 is 0 Å². The largest absolute Gasteiger partial charge is 0.393 e. The zero-order valence-corrected chi connectivity index (χ0v) is 10.6. The molecule has 0 aromatic heterocycles. The van der Waals surface area contributed by atoms with Gasteiger partial charge in [-0.2, -0.15) is 11.8 Å². The van der Waals surface area contributed by atoms with Crippen molar-refractivity contribution in [2.75, 3.05) is 5.75 Å². The molecule has 1 rings (SSSR count). The summed E-state index contributed by atoms with van der Waals surface area (Å²) in [7, 11) is 0. The molecule has 0 amide bonds. The quantitative estimate of drug-likeness (QED) is 0.774. The molecule has 0 spiro atoms. The molecule has 1 nitrogen and oxygen atoms in total. The second kappa shape index (κ2) is 6.19. The normalized spacial score (nSPS) is 12.8. The van der Waals surface area contributed by atoms with Crippen molar-refractivity contribution < 1.29 is 5.11 Å². The molecular weight excluding hydrogens is 204 g/mol. The average molecular weight is 224 g/mol. The van der Waals surface area contributed by atoms with Crippen LogP contribution in [0.2, 0.25) is 0 Å². The highest BCUT2D eigenvalue weighted by Gasteiger charge is 1.98. The molecular formula is C13H20OS. The molecule has 1 aromatic carbocycles. The number of benzene rings is 1. The standard InChI is InChI=1S/C13H20OS/c1-10-6-11(2)8-13(7-10)9-15-5-4-12(3)14/h6-8,12,14H,4-5,9H2,1-3H3. The fourth-order valence-electron chi connectivity index (χ4n) is 1.60. The number of rotatable bonds is 5. The maximum absolute atomic E-state index is 9.12. The lowest BCUT2D eigenvalue weighted by Crippen LogP contribution is -2.00. The predicted octanol–water partition coefficient (Wildman–Crippen LogP) is 3.31. The first-order valence-electron chi connectivity index (χ1n) is 5.41. The van der Waals surface area contributed by atoms with E-state index in [0.29, 0.717) is 0 Å². The fourth-order valence-corrected chi connectivity index (χ4v) is 2.65. The zero-order valence-electron chi connectivity index (χ0n) is 9.79. The van der Waals surface area contributed by atoms with Gasteiger partial charge in [0.2, 0.25) is 0 Å². The van der Waals surface area contributed by atoms with E-state index in [2.05, 4.69) is 32.0 Å². The highest BCUT2D eigenvalue weighted by molar-refractivity contribution is 7.98. The van der Waals surface area contributed by atoms with Crippen LogP contribution >= 0.6 is 11.8 Å². The van der Waals surface area contributed by atoms with E-state index in [-0.39, 0.29) is 6.10 Å². The van der Waals surface area contributed by atoms with Crippen molar-refractivity contribution in [1.29, 1.82) is 0 Å². The van der Waals surface area contributed by atoms with Gasteiger partial charge >= 0.3 is 0 Å². The zero-order chi connectivity index (χ0) is 11.3. The van der Waals surface area contributed by atoms with E-state index in [1.807, 2.05) is 18.7 Å². The number of aliphatic hydroxyl groups is 1. The highest BCUT2D eigenvalue weighted by atomic mass is 32.2. The van der Waals surface area contributed by atoms with Crippen LogP contribution in [-0.4, -0.2) is 17.0 Å². The lowest BCUT2D eigenvalue weighted by atomic mass is 10.1. The van der Waals surface area contributed by atoms with Crippen molar-refractivity contribution >= 4 is 11.8 Å². The molecule has 0 aliphatic rings. The molecule has 0 heterocycles. The van der Waals surface area contributed by atoms with Crippen molar-refractivity contribution in [3.63, 3.8) is 0 Å². The Kier molecular flexibility index (Phi) is 5.20. The van der Waals surface area contributed by atoms with Gasteiger partial charge in [-0.1, -0.05) is 29.3 Å². The Bertz CT molecular complexity index is 287. The van der Waals surface area contributed by atoms with Gasteiger partial charge in [0, 0.05) is 5.75 Å². The Labute approximate surface area is 96.9 Å². The number of aryl methyl sites for hydroxylation is 2. The maximum atomic E-state index is 9.12. The number of aliphatic hydroxyl groups excluding tert-OH is 1. The monoisotopic (exact) mass is 224 g/mol. The van der Waals surface area contributed by atoms with Gasteiger partial charge in [0.25, 0.3) is 0 Å². The van der Waals surface area contributed by atoms with E-state index in [9.17, 15) is 0 Å². The van der Waals surface area contributed by atoms with Crippen LogP contribution in [0, 0.1) is 13.8 Å². The highest BCUT2D eigenvalue weighted by Crippen LogP contribution is 2.16. The summed E-state index contributed by atoms with van der Waals surface area (Å²) in [5.41, 5.74) is 4.06. The van der Waals surface area contributed by atoms with Gasteiger partial charge in [-0.15, -0.1) is 0 Å². The third-order valence-corrected chi connectivity index (χ3v) is 3.29. The molecule has 2 heteroatoms. The van der Waals surface area contributed by atoms with Gasteiger partial charge in [0.05, 0.1) is 6.10 Å². The summed E-state index contributed by atoms with van der Waals surface area (Å²) in [4.78, 5) is 0. The minimum Gasteiger partial charge on any atom is -0.393 e. The molecule has 1 unspecified atom stereocenters. The van der Waals surface area contributed by atoms with E-state index in [0.717, 1.165) is 17.9 Å². The lowest BCUT2D eigenvalue weighted by molar-refractivity contribution is 0.192. The summed E-state index contributed by atoms with van der Waals surface area (Å²) in [5.74, 6) is 2.08. The molecule has 0 aliphatic heterocycles. The van der Waals surface area contributed by atoms with Crippen molar-refractivity contribution in [3.8, 4) is 0 Å². The minimum atomic E-state index is -0.170. The Balaban J connectivity index is 2.37. The van der Waals surface area contributed by atoms with Crippen LogP contribution in [0.5, 0.6) is 0 Å². The van der Waals surface area contributed by atoms with Crippen molar-refractivity contribution in [2.24, 2.45) is 0 Å². The smallest absolute Gasteiger partial charge is 0.0520 e. The van der Waals surface area contributed by atoms with E-state index in [1.54, 1.807) is 0 Å². The first-order valence-corrected chi connectivity index (χ1v) is 6.56. The van der Waals surface area contributed by atoms with Gasteiger partial charge in [0.15, 0.2) is 0 Å². The van der Waals surface area contributed by atoms with Gasteiger partial charge in [-0.05, 0) is 38.5 Å². The van der Waals surface area contributed by atoms with Gasteiger partial charge in [-0.3, -0.25) is 0 Å². The SMILES string of the molecule is Cc1cc(C)cc(CSCCC(C)O)c1.